The Morgan fingerprint density at radius 2 is 1.57 bits per heavy atom. The minimum absolute atomic E-state index is 0.0766. The van der Waals surface area contributed by atoms with Crippen LogP contribution in [-0.2, 0) is 0 Å². The first kappa shape index (κ1) is 17.4. The first-order valence-corrected chi connectivity index (χ1v) is 7.24. The van der Waals surface area contributed by atoms with Crippen LogP contribution in [0, 0.1) is 5.92 Å². The van der Waals surface area contributed by atoms with E-state index in [0.717, 1.165) is 13.1 Å². The molecule has 1 N–H and O–H groups in total. The van der Waals surface area contributed by atoms with Crippen molar-refractivity contribution in [2.24, 2.45) is 5.92 Å². The molecule has 0 aliphatic rings. The predicted molar refractivity (Wildman–Crippen MR) is 83.9 cm³/mol. The van der Waals surface area contributed by atoms with Gasteiger partial charge in [0.15, 0.2) is 11.5 Å². The van der Waals surface area contributed by atoms with Crippen LogP contribution >= 0.6 is 0 Å². The molecule has 0 heterocycles. The molecule has 21 heavy (non-hydrogen) atoms. The van der Waals surface area contributed by atoms with Gasteiger partial charge in [0.2, 0.25) is 5.75 Å². The molecule has 1 unspecified atom stereocenters. The van der Waals surface area contributed by atoms with Crippen molar-refractivity contribution in [3.05, 3.63) is 12.1 Å². The van der Waals surface area contributed by atoms with Crippen LogP contribution < -0.4 is 24.3 Å². The summed E-state index contributed by atoms with van der Waals surface area (Å²) < 4.78 is 22.1. The third-order valence-electron chi connectivity index (χ3n) is 3.26. The topological polar surface area (TPSA) is 49.0 Å². The smallest absolute Gasteiger partial charge is 0.203 e. The molecule has 5 heteroatoms. The quantitative estimate of drug-likeness (QED) is 0.759. The summed E-state index contributed by atoms with van der Waals surface area (Å²) in [5, 5.41) is 3.32. The fourth-order valence-electron chi connectivity index (χ4n) is 2.00. The molecular weight excluding hydrogens is 270 g/mol. The molecule has 1 aromatic carbocycles. The van der Waals surface area contributed by atoms with E-state index in [9.17, 15) is 0 Å². The highest BCUT2D eigenvalue weighted by Crippen LogP contribution is 2.41. The van der Waals surface area contributed by atoms with Crippen molar-refractivity contribution in [2.45, 2.75) is 26.9 Å². The summed E-state index contributed by atoms with van der Waals surface area (Å²) in [6, 6.07) is 3.64. The maximum Gasteiger partial charge on any atom is 0.203 e. The highest BCUT2D eigenvalue weighted by atomic mass is 16.5. The zero-order valence-electron chi connectivity index (χ0n) is 13.9. The first-order valence-electron chi connectivity index (χ1n) is 7.24. The Kier molecular flexibility index (Phi) is 7.15. The van der Waals surface area contributed by atoms with Crippen LogP contribution in [0.2, 0.25) is 0 Å². The maximum absolute atomic E-state index is 6.08. The second-order valence-electron chi connectivity index (χ2n) is 5.07. The lowest BCUT2D eigenvalue weighted by molar-refractivity contribution is 0.148. The van der Waals surface area contributed by atoms with Crippen molar-refractivity contribution in [2.75, 3.05) is 34.4 Å². The van der Waals surface area contributed by atoms with E-state index < -0.39 is 0 Å². The Labute approximate surface area is 127 Å². The largest absolute Gasteiger partial charge is 0.493 e. The van der Waals surface area contributed by atoms with E-state index in [0.29, 0.717) is 28.9 Å². The molecular formula is C16H27NO4. The van der Waals surface area contributed by atoms with Gasteiger partial charge in [0.1, 0.15) is 11.9 Å². The first-order chi connectivity index (χ1) is 10.1. The molecule has 0 aliphatic heterocycles. The average molecular weight is 297 g/mol. The normalized spacial score (nSPS) is 12.1. The van der Waals surface area contributed by atoms with Crippen LogP contribution in [0.5, 0.6) is 23.0 Å². The summed E-state index contributed by atoms with van der Waals surface area (Å²) in [4.78, 5) is 0. The Morgan fingerprint density at radius 3 is 1.95 bits per heavy atom. The summed E-state index contributed by atoms with van der Waals surface area (Å²) in [5.41, 5.74) is 0. The number of rotatable bonds is 9. The summed E-state index contributed by atoms with van der Waals surface area (Å²) in [6.07, 6.45) is 0.0766. The second-order valence-corrected chi connectivity index (χ2v) is 5.07. The molecule has 0 amide bonds. The summed E-state index contributed by atoms with van der Waals surface area (Å²) in [7, 11) is 4.78. The molecule has 0 aromatic heterocycles. The highest BCUT2D eigenvalue weighted by Gasteiger charge is 2.18. The molecule has 1 aromatic rings. The highest BCUT2D eigenvalue weighted by molar-refractivity contribution is 5.55. The predicted octanol–water partition coefficient (Wildman–Crippen LogP) is 2.73. The lowest BCUT2D eigenvalue weighted by atomic mass is 10.1. The number of likely N-dealkylation sites (N-methyl/N-ethyl adjacent to an activating group) is 1. The monoisotopic (exact) mass is 297 g/mol. The number of nitrogens with one attached hydrogen (secondary N) is 1. The van der Waals surface area contributed by atoms with E-state index in [-0.39, 0.29) is 6.10 Å². The number of ether oxygens (including phenoxy) is 4. The molecule has 1 atom stereocenters. The molecule has 0 saturated heterocycles. The van der Waals surface area contributed by atoms with Crippen molar-refractivity contribution in [1.29, 1.82) is 0 Å². The van der Waals surface area contributed by atoms with Gasteiger partial charge in [-0.1, -0.05) is 20.8 Å². The lowest BCUT2D eigenvalue weighted by Crippen LogP contribution is -2.35. The molecule has 1 rings (SSSR count). The van der Waals surface area contributed by atoms with Crippen molar-refractivity contribution in [3.63, 3.8) is 0 Å². The van der Waals surface area contributed by atoms with Crippen LogP contribution in [0.3, 0.4) is 0 Å². The SMILES string of the molecule is CCNCC(Oc1cc(OC)c(OC)c(OC)c1)C(C)C. The van der Waals surface area contributed by atoms with E-state index in [4.69, 9.17) is 18.9 Å². The molecule has 0 fully saturated rings. The Balaban J connectivity index is 3.00. The Morgan fingerprint density at radius 1 is 1.00 bits per heavy atom. The Hall–Kier alpha value is -1.62. The Bertz CT molecular complexity index is 409. The molecule has 0 aliphatic carbocycles. The molecule has 5 nitrogen and oxygen atoms in total. The van der Waals surface area contributed by atoms with Crippen molar-refractivity contribution in [3.8, 4) is 23.0 Å². The van der Waals surface area contributed by atoms with E-state index in [1.165, 1.54) is 0 Å². The standard InChI is InChI=1S/C16H27NO4/c1-7-17-10-15(11(2)3)21-12-8-13(18-4)16(20-6)14(9-12)19-5/h8-9,11,15,17H,7,10H2,1-6H3. The zero-order valence-corrected chi connectivity index (χ0v) is 13.9. The number of hydrogen-bond donors (Lipinski definition) is 1. The van der Waals surface area contributed by atoms with Gasteiger partial charge in [-0.15, -0.1) is 0 Å². The van der Waals surface area contributed by atoms with Crippen LogP contribution in [0.15, 0.2) is 12.1 Å². The van der Waals surface area contributed by atoms with Crippen LogP contribution in [0.25, 0.3) is 0 Å². The van der Waals surface area contributed by atoms with E-state index in [1.807, 2.05) is 12.1 Å². The van der Waals surface area contributed by atoms with Gasteiger partial charge >= 0.3 is 0 Å². The number of methoxy groups -OCH3 is 3. The van der Waals surface area contributed by atoms with Gasteiger partial charge in [-0.25, -0.2) is 0 Å². The van der Waals surface area contributed by atoms with Gasteiger partial charge in [-0.2, -0.15) is 0 Å². The zero-order chi connectivity index (χ0) is 15.8. The lowest BCUT2D eigenvalue weighted by Gasteiger charge is -2.24. The third kappa shape index (κ3) is 4.70. The minimum Gasteiger partial charge on any atom is -0.493 e. The van der Waals surface area contributed by atoms with Crippen LogP contribution in [0.4, 0.5) is 0 Å². The summed E-state index contributed by atoms with van der Waals surface area (Å²) >= 11 is 0. The van der Waals surface area contributed by atoms with Gasteiger partial charge in [0, 0.05) is 18.7 Å². The van der Waals surface area contributed by atoms with E-state index >= 15 is 0 Å². The molecule has 0 spiro atoms. The maximum atomic E-state index is 6.08. The fourth-order valence-corrected chi connectivity index (χ4v) is 2.00. The van der Waals surface area contributed by atoms with E-state index in [2.05, 4.69) is 26.1 Å². The number of benzene rings is 1. The van der Waals surface area contributed by atoms with Gasteiger partial charge in [0.25, 0.3) is 0 Å². The van der Waals surface area contributed by atoms with Crippen LogP contribution in [-0.4, -0.2) is 40.5 Å². The molecule has 120 valence electrons. The second kappa shape index (κ2) is 8.62. The fraction of sp³-hybridized carbons (Fsp3) is 0.625. The van der Waals surface area contributed by atoms with Gasteiger partial charge in [-0.3, -0.25) is 0 Å². The van der Waals surface area contributed by atoms with Crippen molar-refractivity contribution in [1.82, 2.24) is 5.32 Å². The number of hydrogen-bond acceptors (Lipinski definition) is 5. The summed E-state index contributed by atoms with van der Waals surface area (Å²) in [6.45, 7) is 8.07. The van der Waals surface area contributed by atoms with E-state index in [1.54, 1.807) is 21.3 Å². The van der Waals surface area contributed by atoms with Gasteiger partial charge in [-0.05, 0) is 12.5 Å². The third-order valence-corrected chi connectivity index (χ3v) is 3.26. The summed E-state index contributed by atoms with van der Waals surface area (Å²) in [5.74, 6) is 2.86. The van der Waals surface area contributed by atoms with Gasteiger partial charge < -0.3 is 24.3 Å². The van der Waals surface area contributed by atoms with Crippen molar-refractivity contribution < 1.29 is 18.9 Å². The molecule has 0 radical (unpaired) electrons. The van der Waals surface area contributed by atoms with Crippen molar-refractivity contribution >= 4 is 0 Å². The average Bonchev–Trinajstić information content (AvgIpc) is 2.49. The van der Waals surface area contributed by atoms with Crippen LogP contribution in [0.1, 0.15) is 20.8 Å². The van der Waals surface area contributed by atoms with Gasteiger partial charge in [0.05, 0.1) is 21.3 Å². The molecule has 0 bridgehead atoms. The minimum atomic E-state index is 0.0766. The molecule has 0 saturated carbocycles.